The van der Waals surface area contributed by atoms with Gasteiger partial charge in [0.25, 0.3) is 10.0 Å². The molecule has 0 spiro atoms. The van der Waals surface area contributed by atoms with E-state index in [1.807, 2.05) is 20.8 Å². The molecule has 2 aromatic carbocycles. The smallest absolute Gasteiger partial charge is 0.261 e. The number of halogens is 1. The lowest BCUT2D eigenvalue weighted by Gasteiger charge is -2.11. The fraction of sp³-hybridized carbons (Fsp3) is 0.235. The van der Waals surface area contributed by atoms with Crippen LogP contribution in [0.2, 0.25) is 0 Å². The molecule has 24 heavy (non-hydrogen) atoms. The zero-order valence-corrected chi connectivity index (χ0v) is 15.9. The fourth-order valence-corrected chi connectivity index (χ4v) is 3.45. The molecule has 0 bridgehead atoms. The molecular weight excluding hydrogens is 392 g/mol. The summed E-state index contributed by atoms with van der Waals surface area (Å²) < 4.78 is 34.0. The average Bonchev–Trinajstić information content (AvgIpc) is 2.90. The molecule has 0 saturated heterocycles. The Morgan fingerprint density at radius 2 is 1.75 bits per heavy atom. The van der Waals surface area contributed by atoms with Crippen LogP contribution in [0.3, 0.4) is 0 Å². The number of hydrogen-bond donors (Lipinski definition) is 1. The molecule has 5 nitrogen and oxygen atoms in total. The summed E-state index contributed by atoms with van der Waals surface area (Å²) in [6, 6.07) is 11.5. The molecule has 0 aliphatic carbocycles. The number of hydrogen-bond acceptors (Lipinski definition) is 4. The lowest BCUT2D eigenvalue weighted by molar-refractivity contribution is 0.411. The van der Waals surface area contributed by atoms with Crippen LogP contribution in [0.4, 0.5) is 5.69 Å². The molecule has 0 saturated carbocycles. The number of nitrogens with zero attached hydrogens (tertiary/aromatic N) is 1. The fourth-order valence-electron chi connectivity index (χ4n) is 2.14. The van der Waals surface area contributed by atoms with Gasteiger partial charge in [0.05, 0.1) is 10.6 Å². The lowest BCUT2D eigenvalue weighted by atomic mass is 9.97. The summed E-state index contributed by atoms with van der Waals surface area (Å²) in [5.74, 6) is 0.616. The van der Waals surface area contributed by atoms with Crippen molar-refractivity contribution in [3.63, 3.8) is 0 Å². The van der Waals surface area contributed by atoms with Gasteiger partial charge in [0.15, 0.2) is 5.58 Å². The van der Waals surface area contributed by atoms with E-state index in [4.69, 9.17) is 4.42 Å². The van der Waals surface area contributed by atoms with Crippen molar-refractivity contribution in [3.8, 4) is 0 Å². The molecule has 7 heteroatoms. The number of nitrogens with one attached hydrogen (secondary N) is 1. The quantitative estimate of drug-likeness (QED) is 0.681. The van der Waals surface area contributed by atoms with E-state index in [1.54, 1.807) is 42.5 Å². The molecule has 0 fully saturated rings. The van der Waals surface area contributed by atoms with Crippen molar-refractivity contribution in [3.05, 3.63) is 52.8 Å². The van der Waals surface area contributed by atoms with Crippen LogP contribution in [-0.4, -0.2) is 13.4 Å². The van der Waals surface area contributed by atoms with Crippen LogP contribution in [0.5, 0.6) is 0 Å². The molecule has 0 atom stereocenters. The number of sulfonamides is 1. The summed E-state index contributed by atoms with van der Waals surface area (Å²) >= 11 is 3.29. The van der Waals surface area contributed by atoms with Crippen molar-refractivity contribution < 1.29 is 12.8 Å². The molecule has 3 rings (SSSR count). The Hall–Kier alpha value is -1.86. The molecule has 3 aromatic rings. The second-order valence-corrected chi connectivity index (χ2v) is 9.11. The van der Waals surface area contributed by atoms with E-state index < -0.39 is 10.0 Å². The minimum Gasteiger partial charge on any atom is -0.440 e. The molecule has 126 valence electrons. The highest BCUT2D eigenvalue weighted by molar-refractivity contribution is 9.10. The summed E-state index contributed by atoms with van der Waals surface area (Å²) in [7, 11) is -3.65. The Labute approximate surface area is 149 Å². The normalized spacial score (nSPS) is 12.5. The monoisotopic (exact) mass is 408 g/mol. The number of rotatable bonds is 3. The minimum absolute atomic E-state index is 0.196. The molecule has 1 N–H and O–H groups in total. The van der Waals surface area contributed by atoms with Crippen LogP contribution in [0.1, 0.15) is 26.7 Å². The second kappa shape index (κ2) is 5.89. The molecule has 0 aliphatic heterocycles. The third-order valence-corrected chi connectivity index (χ3v) is 5.33. The number of fused-ring (bicyclic) bond motifs is 1. The van der Waals surface area contributed by atoms with Gasteiger partial charge in [-0.3, -0.25) is 4.72 Å². The van der Waals surface area contributed by atoms with Gasteiger partial charge in [-0.05, 0) is 42.5 Å². The summed E-state index contributed by atoms with van der Waals surface area (Å²) in [6.45, 7) is 6.03. The highest BCUT2D eigenvalue weighted by atomic mass is 79.9. The zero-order valence-electron chi connectivity index (χ0n) is 13.5. The van der Waals surface area contributed by atoms with Crippen LogP contribution >= 0.6 is 15.9 Å². The summed E-state index contributed by atoms with van der Waals surface area (Å²) in [6.07, 6.45) is 0. The molecule has 0 aliphatic rings. The van der Waals surface area contributed by atoms with E-state index in [-0.39, 0.29) is 10.3 Å². The Morgan fingerprint density at radius 1 is 1.08 bits per heavy atom. The third kappa shape index (κ3) is 3.47. The molecule has 0 amide bonds. The molecule has 0 unspecified atom stereocenters. The van der Waals surface area contributed by atoms with Crippen LogP contribution < -0.4 is 4.72 Å². The van der Waals surface area contributed by atoms with Crippen LogP contribution in [0.15, 0.2) is 56.2 Å². The van der Waals surface area contributed by atoms with E-state index in [0.29, 0.717) is 22.7 Å². The minimum atomic E-state index is -3.65. The molecule has 1 heterocycles. The predicted molar refractivity (Wildman–Crippen MR) is 97.7 cm³/mol. The maximum atomic E-state index is 12.4. The largest absolute Gasteiger partial charge is 0.440 e. The first-order chi connectivity index (χ1) is 11.1. The highest BCUT2D eigenvalue weighted by Crippen LogP contribution is 2.28. The second-order valence-electron chi connectivity index (χ2n) is 6.51. The first-order valence-electron chi connectivity index (χ1n) is 7.35. The van der Waals surface area contributed by atoms with Gasteiger partial charge in [0.1, 0.15) is 5.52 Å². The average molecular weight is 409 g/mol. The number of oxazole rings is 1. The first kappa shape index (κ1) is 17.0. The Kier molecular flexibility index (Phi) is 4.17. The number of aromatic nitrogens is 1. The van der Waals surface area contributed by atoms with E-state index in [2.05, 4.69) is 25.6 Å². The van der Waals surface area contributed by atoms with E-state index >= 15 is 0 Å². The van der Waals surface area contributed by atoms with E-state index in [0.717, 1.165) is 4.47 Å². The highest BCUT2D eigenvalue weighted by Gasteiger charge is 2.21. The zero-order chi connectivity index (χ0) is 17.5. The van der Waals surface area contributed by atoms with Gasteiger partial charge in [-0.2, -0.15) is 0 Å². The van der Waals surface area contributed by atoms with Crippen molar-refractivity contribution in [2.75, 3.05) is 4.72 Å². The van der Waals surface area contributed by atoms with Crippen molar-refractivity contribution in [2.45, 2.75) is 31.1 Å². The van der Waals surface area contributed by atoms with Gasteiger partial charge in [0, 0.05) is 9.89 Å². The van der Waals surface area contributed by atoms with Crippen LogP contribution in [-0.2, 0) is 15.4 Å². The van der Waals surface area contributed by atoms with Gasteiger partial charge in [-0.1, -0.05) is 36.7 Å². The van der Waals surface area contributed by atoms with E-state index in [9.17, 15) is 8.42 Å². The summed E-state index contributed by atoms with van der Waals surface area (Å²) in [5.41, 5.74) is 1.48. The topological polar surface area (TPSA) is 72.2 Å². The van der Waals surface area contributed by atoms with Crippen LogP contribution in [0.25, 0.3) is 11.1 Å². The van der Waals surface area contributed by atoms with Gasteiger partial charge < -0.3 is 4.42 Å². The van der Waals surface area contributed by atoms with Crippen LogP contribution in [0, 0.1) is 0 Å². The third-order valence-electron chi connectivity index (χ3n) is 3.41. The van der Waals surface area contributed by atoms with Crippen molar-refractivity contribution in [1.82, 2.24) is 4.98 Å². The van der Waals surface area contributed by atoms with Crippen molar-refractivity contribution in [2.24, 2.45) is 0 Å². The molecule has 0 radical (unpaired) electrons. The van der Waals surface area contributed by atoms with E-state index in [1.165, 1.54) is 0 Å². The first-order valence-corrected chi connectivity index (χ1v) is 9.62. The van der Waals surface area contributed by atoms with Crippen molar-refractivity contribution >= 4 is 42.7 Å². The summed E-state index contributed by atoms with van der Waals surface area (Å²) in [5, 5.41) is 0. The van der Waals surface area contributed by atoms with Gasteiger partial charge >= 0.3 is 0 Å². The number of benzene rings is 2. The Balaban J connectivity index is 1.93. The maximum absolute atomic E-state index is 12.4. The maximum Gasteiger partial charge on any atom is 0.261 e. The molecule has 1 aromatic heterocycles. The predicted octanol–water partition coefficient (Wildman–Crippen LogP) is 4.69. The SMILES string of the molecule is CC(C)(C)c1nc2cc(NS(=O)(=O)c3ccc(Br)cc3)ccc2o1. The number of anilines is 1. The van der Waals surface area contributed by atoms with Crippen molar-refractivity contribution in [1.29, 1.82) is 0 Å². The molecular formula is C17H17BrN2O3S. The standard InChI is InChI=1S/C17H17BrN2O3S/c1-17(2,3)16-19-14-10-12(6-9-15(14)23-16)20-24(21,22)13-7-4-11(18)5-8-13/h4-10,20H,1-3H3. The van der Waals surface area contributed by atoms with Gasteiger partial charge in [-0.15, -0.1) is 0 Å². The summed E-state index contributed by atoms with van der Waals surface area (Å²) in [4.78, 5) is 4.65. The van der Waals surface area contributed by atoms with Gasteiger partial charge in [-0.25, -0.2) is 13.4 Å². The van der Waals surface area contributed by atoms with Gasteiger partial charge in [0.2, 0.25) is 5.89 Å². The Morgan fingerprint density at radius 3 is 2.38 bits per heavy atom. The lowest BCUT2D eigenvalue weighted by Crippen LogP contribution is -2.12. The Bertz CT molecular complexity index is 987.